The van der Waals surface area contributed by atoms with Crippen molar-refractivity contribution in [2.45, 2.75) is 20.3 Å². The number of fused-ring (bicyclic) bond motifs is 1. The molecular weight excluding hydrogens is 394 g/mol. The van der Waals surface area contributed by atoms with Gasteiger partial charge in [-0.3, -0.25) is 0 Å². The first-order valence-corrected chi connectivity index (χ1v) is 10.2. The molecule has 0 bridgehead atoms. The van der Waals surface area contributed by atoms with Crippen LogP contribution >= 0.6 is 12.2 Å². The van der Waals surface area contributed by atoms with E-state index in [1.807, 2.05) is 31.2 Å². The molecule has 3 aromatic rings. The Morgan fingerprint density at radius 1 is 1.13 bits per heavy atom. The number of thiocarbonyl (C=S) groups is 1. The molecule has 1 heterocycles. The summed E-state index contributed by atoms with van der Waals surface area (Å²) >= 11 is 5.39. The number of hydrogen-bond donors (Lipinski definition) is 3. The van der Waals surface area contributed by atoms with Crippen LogP contribution in [0.5, 0.6) is 5.75 Å². The highest BCUT2D eigenvalue weighted by Gasteiger charge is 2.07. The Morgan fingerprint density at radius 2 is 1.97 bits per heavy atom. The molecular formula is C23H25N5OS. The fourth-order valence-corrected chi connectivity index (χ4v) is 3.25. The number of rotatable bonds is 7. The molecule has 0 aliphatic carbocycles. The van der Waals surface area contributed by atoms with Crippen LogP contribution in [0.25, 0.3) is 10.9 Å². The van der Waals surface area contributed by atoms with Gasteiger partial charge in [0.25, 0.3) is 0 Å². The maximum atomic E-state index is 9.46. The third-order valence-corrected chi connectivity index (χ3v) is 4.96. The molecule has 1 aromatic heterocycles. The molecule has 6 nitrogen and oxygen atoms in total. The lowest BCUT2D eigenvalue weighted by Gasteiger charge is -2.14. The van der Waals surface area contributed by atoms with E-state index >= 15 is 0 Å². The van der Waals surface area contributed by atoms with Gasteiger partial charge in [0, 0.05) is 24.2 Å². The lowest BCUT2D eigenvalue weighted by Crippen LogP contribution is -2.30. The predicted octanol–water partition coefficient (Wildman–Crippen LogP) is 4.52. The highest BCUT2D eigenvalue weighted by molar-refractivity contribution is 7.80. The van der Waals surface area contributed by atoms with Crippen LogP contribution in [-0.2, 0) is 0 Å². The molecule has 0 saturated carbocycles. The summed E-state index contributed by atoms with van der Waals surface area (Å²) in [6, 6.07) is 15.9. The number of ether oxygens (including phenoxy) is 1. The Morgan fingerprint density at radius 3 is 2.73 bits per heavy atom. The molecule has 3 rings (SSSR count). The number of methoxy groups -OCH3 is 1. The van der Waals surface area contributed by atoms with E-state index in [1.165, 1.54) is 5.56 Å². The molecule has 0 unspecified atom stereocenters. The van der Waals surface area contributed by atoms with Crippen molar-refractivity contribution < 1.29 is 4.74 Å². The van der Waals surface area contributed by atoms with Gasteiger partial charge < -0.3 is 20.7 Å². The van der Waals surface area contributed by atoms with Crippen molar-refractivity contribution in [2.75, 3.05) is 30.8 Å². The Balaban J connectivity index is 1.51. The van der Waals surface area contributed by atoms with E-state index in [1.54, 1.807) is 7.11 Å². The van der Waals surface area contributed by atoms with E-state index < -0.39 is 0 Å². The van der Waals surface area contributed by atoms with Crippen LogP contribution in [0.1, 0.15) is 23.1 Å². The van der Waals surface area contributed by atoms with E-state index in [2.05, 4.69) is 52.1 Å². The van der Waals surface area contributed by atoms with Crippen molar-refractivity contribution in [3.05, 3.63) is 59.2 Å². The highest BCUT2D eigenvalue weighted by atomic mass is 32.1. The number of aryl methyl sites for hydroxylation is 2. The van der Waals surface area contributed by atoms with Crippen molar-refractivity contribution in [2.24, 2.45) is 0 Å². The number of hydrogen-bond acceptors (Lipinski definition) is 5. The van der Waals surface area contributed by atoms with E-state index in [0.29, 0.717) is 29.6 Å². The fourth-order valence-electron chi connectivity index (χ4n) is 3.04. The van der Waals surface area contributed by atoms with E-state index in [-0.39, 0.29) is 0 Å². The minimum atomic E-state index is 0.510. The summed E-state index contributed by atoms with van der Waals surface area (Å²) in [5.74, 6) is 1.33. The Hall–Kier alpha value is -3.37. The number of benzene rings is 2. The second kappa shape index (κ2) is 9.90. The molecule has 0 saturated heterocycles. The molecule has 7 heteroatoms. The summed E-state index contributed by atoms with van der Waals surface area (Å²) in [6.45, 7) is 5.48. The van der Waals surface area contributed by atoms with Crippen molar-refractivity contribution in [1.29, 1.82) is 5.26 Å². The molecule has 30 heavy (non-hydrogen) atoms. The first kappa shape index (κ1) is 21.3. The van der Waals surface area contributed by atoms with Crippen LogP contribution in [0.4, 0.5) is 11.5 Å². The number of nitrogens with one attached hydrogen (secondary N) is 3. The van der Waals surface area contributed by atoms with Crippen LogP contribution in [0, 0.1) is 25.2 Å². The number of pyridine rings is 1. The lowest BCUT2D eigenvalue weighted by molar-refractivity contribution is 0.415. The van der Waals surface area contributed by atoms with Gasteiger partial charge in [-0.2, -0.15) is 5.26 Å². The van der Waals surface area contributed by atoms with Gasteiger partial charge in [0.15, 0.2) is 5.11 Å². The summed E-state index contributed by atoms with van der Waals surface area (Å²) in [6.07, 6.45) is 0.821. The van der Waals surface area contributed by atoms with Crippen LogP contribution in [-0.4, -0.2) is 30.3 Å². The molecule has 0 amide bonds. The number of nitriles is 1. The van der Waals surface area contributed by atoms with E-state index in [9.17, 15) is 5.26 Å². The zero-order valence-electron chi connectivity index (χ0n) is 17.4. The van der Waals surface area contributed by atoms with Crippen LogP contribution in [0.3, 0.4) is 0 Å². The van der Waals surface area contributed by atoms with E-state index in [4.69, 9.17) is 17.0 Å². The molecule has 2 aromatic carbocycles. The van der Waals surface area contributed by atoms with Crippen molar-refractivity contribution in [3.63, 3.8) is 0 Å². The van der Waals surface area contributed by atoms with Gasteiger partial charge in [-0.05, 0) is 73.9 Å². The molecule has 0 aliphatic heterocycles. The SMILES string of the molecule is COc1ccc2nc(NCCCNC(=S)Nc3cc(C)ccc3C)c(C#N)cc2c1. The van der Waals surface area contributed by atoms with Crippen LogP contribution in [0.2, 0.25) is 0 Å². The summed E-state index contributed by atoms with van der Waals surface area (Å²) in [5.41, 5.74) is 4.67. The molecule has 0 fully saturated rings. The molecule has 0 atom stereocenters. The average molecular weight is 420 g/mol. The van der Waals surface area contributed by atoms with Crippen molar-refractivity contribution in [1.82, 2.24) is 10.3 Å². The summed E-state index contributed by atoms with van der Waals surface area (Å²) in [4.78, 5) is 4.58. The minimum absolute atomic E-state index is 0.510. The topological polar surface area (TPSA) is 82.0 Å². The van der Waals surface area contributed by atoms with Gasteiger partial charge in [0.1, 0.15) is 17.6 Å². The largest absolute Gasteiger partial charge is 0.497 e. The highest BCUT2D eigenvalue weighted by Crippen LogP contribution is 2.24. The predicted molar refractivity (Wildman–Crippen MR) is 126 cm³/mol. The fraction of sp³-hybridized carbons (Fsp3) is 0.261. The molecule has 0 spiro atoms. The van der Waals surface area contributed by atoms with Gasteiger partial charge in [0.05, 0.1) is 18.2 Å². The number of nitrogens with zero attached hydrogens (tertiary/aromatic N) is 2. The maximum absolute atomic E-state index is 9.46. The van der Waals surface area contributed by atoms with Crippen LogP contribution in [0.15, 0.2) is 42.5 Å². The zero-order valence-corrected chi connectivity index (χ0v) is 18.2. The molecule has 0 radical (unpaired) electrons. The minimum Gasteiger partial charge on any atom is -0.497 e. The molecule has 154 valence electrons. The van der Waals surface area contributed by atoms with E-state index in [0.717, 1.165) is 34.3 Å². The standard InChI is InChI=1S/C23H25N5OS/c1-15-5-6-16(2)21(11-15)28-23(30)26-10-4-9-25-22-18(14-24)12-17-13-19(29-3)7-8-20(17)27-22/h5-8,11-13H,4,9-10H2,1-3H3,(H,25,27)(H2,26,28,30). The molecule has 0 aliphatic rings. The Bertz CT molecular complexity index is 1110. The maximum Gasteiger partial charge on any atom is 0.170 e. The van der Waals surface area contributed by atoms with Crippen LogP contribution < -0.4 is 20.7 Å². The summed E-state index contributed by atoms with van der Waals surface area (Å²) in [7, 11) is 1.62. The third-order valence-electron chi connectivity index (χ3n) is 4.72. The second-order valence-corrected chi connectivity index (χ2v) is 7.44. The van der Waals surface area contributed by atoms with Crippen molar-refractivity contribution >= 4 is 39.7 Å². The first-order valence-electron chi connectivity index (χ1n) is 9.75. The van der Waals surface area contributed by atoms with Gasteiger partial charge in [0.2, 0.25) is 0 Å². The zero-order chi connectivity index (χ0) is 21.5. The average Bonchev–Trinajstić information content (AvgIpc) is 2.75. The Labute approximate surface area is 182 Å². The second-order valence-electron chi connectivity index (χ2n) is 7.03. The monoisotopic (exact) mass is 419 g/mol. The summed E-state index contributed by atoms with van der Waals surface area (Å²) in [5, 5.41) is 20.6. The number of aromatic nitrogens is 1. The van der Waals surface area contributed by atoms with Gasteiger partial charge in [-0.1, -0.05) is 12.1 Å². The smallest absolute Gasteiger partial charge is 0.170 e. The first-order chi connectivity index (χ1) is 14.5. The van der Waals surface area contributed by atoms with Gasteiger partial charge >= 0.3 is 0 Å². The van der Waals surface area contributed by atoms with Gasteiger partial charge in [-0.15, -0.1) is 0 Å². The normalized spacial score (nSPS) is 10.3. The quantitative estimate of drug-likeness (QED) is 0.384. The summed E-state index contributed by atoms with van der Waals surface area (Å²) < 4.78 is 5.24. The Kier molecular flexibility index (Phi) is 7.04. The molecule has 3 N–H and O–H groups in total. The lowest BCUT2D eigenvalue weighted by atomic mass is 10.1. The third kappa shape index (κ3) is 5.37. The number of anilines is 2. The van der Waals surface area contributed by atoms with Gasteiger partial charge in [-0.25, -0.2) is 4.98 Å². The van der Waals surface area contributed by atoms with Crippen molar-refractivity contribution in [3.8, 4) is 11.8 Å².